The third-order valence-electron chi connectivity index (χ3n) is 3.61. The molecule has 6 heteroatoms. The van der Waals surface area contributed by atoms with E-state index in [1.54, 1.807) is 18.2 Å². The van der Waals surface area contributed by atoms with Gasteiger partial charge in [-0.25, -0.2) is 4.79 Å². The third-order valence-corrected chi connectivity index (χ3v) is 3.61. The molecule has 1 heterocycles. The van der Waals surface area contributed by atoms with Crippen LogP contribution in [-0.4, -0.2) is 31.8 Å². The molecule has 0 spiro atoms. The number of nitrogens with one attached hydrogen (secondary N) is 2. The van der Waals surface area contributed by atoms with Crippen LogP contribution in [0.3, 0.4) is 0 Å². The van der Waals surface area contributed by atoms with Gasteiger partial charge in [-0.2, -0.15) is 0 Å². The minimum Gasteiger partial charge on any atom is -0.454 e. The normalized spacial score (nSPS) is 12.3. The Labute approximate surface area is 141 Å². The summed E-state index contributed by atoms with van der Waals surface area (Å²) in [6.45, 7) is 1.59. The van der Waals surface area contributed by atoms with Crippen molar-refractivity contribution in [2.45, 2.75) is 13.1 Å². The molecule has 0 saturated heterocycles. The van der Waals surface area contributed by atoms with Gasteiger partial charge in [0, 0.05) is 24.8 Å². The van der Waals surface area contributed by atoms with Crippen LogP contribution in [0.2, 0.25) is 0 Å². The summed E-state index contributed by atoms with van der Waals surface area (Å²) in [5, 5.41) is 5.63. The molecule has 126 valence electrons. The highest BCUT2D eigenvalue weighted by molar-refractivity contribution is 5.89. The maximum absolute atomic E-state index is 12.0. The number of amides is 2. The van der Waals surface area contributed by atoms with E-state index in [2.05, 4.69) is 27.7 Å². The number of benzene rings is 2. The van der Waals surface area contributed by atoms with Crippen molar-refractivity contribution in [2.24, 2.45) is 0 Å². The van der Waals surface area contributed by atoms with Crippen LogP contribution in [0.5, 0.6) is 11.5 Å². The van der Waals surface area contributed by atoms with Gasteiger partial charge in [0.15, 0.2) is 11.5 Å². The summed E-state index contributed by atoms with van der Waals surface area (Å²) in [7, 11) is 4.08. The second-order valence-corrected chi connectivity index (χ2v) is 5.93. The SMILES string of the molecule is CN(C)Cc1ccc(CNC(=O)Nc2ccc3c(c2)OCO3)cc1. The van der Waals surface area contributed by atoms with E-state index in [-0.39, 0.29) is 12.8 Å². The van der Waals surface area contributed by atoms with Gasteiger partial charge in [-0.1, -0.05) is 24.3 Å². The Bertz CT molecular complexity index is 714. The first kappa shape index (κ1) is 16.1. The number of anilines is 1. The second kappa shape index (κ2) is 7.23. The van der Waals surface area contributed by atoms with Crippen molar-refractivity contribution in [3.8, 4) is 11.5 Å². The van der Waals surface area contributed by atoms with Crippen molar-refractivity contribution < 1.29 is 14.3 Å². The molecule has 0 aliphatic carbocycles. The average molecular weight is 327 g/mol. The maximum atomic E-state index is 12.0. The number of hydrogen-bond donors (Lipinski definition) is 2. The summed E-state index contributed by atoms with van der Waals surface area (Å²) in [6, 6.07) is 13.3. The van der Waals surface area contributed by atoms with Gasteiger partial charge in [-0.05, 0) is 37.4 Å². The number of ether oxygens (including phenoxy) is 2. The van der Waals surface area contributed by atoms with Crippen LogP contribution in [0.15, 0.2) is 42.5 Å². The molecule has 2 aromatic rings. The molecule has 24 heavy (non-hydrogen) atoms. The molecule has 6 nitrogen and oxygen atoms in total. The molecule has 1 aliphatic rings. The molecule has 0 bridgehead atoms. The maximum Gasteiger partial charge on any atom is 0.319 e. The molecule has 0 radical (unpaired) electrons. The lowest BCUT2D eigenvalue weighted by Gasteiger charge is -2.11. The molecular formula is C18H21N3O3. The smallest absolute Gasteiger partial charge is 0.319 e. The van der Waals surface area contributed by atoms with Crippen molar-refractivity contribution in [3.63, 3.8) is 0 Å². The Morgan fingerprint density at radius 3 is 2.50 bits per heavy atom. The summed E-state index contributed by atoms with van der Waals surface area (Å²) >= 11 is 0. The monoisotopic (exact) mass is 327 g/mol. The lowest BCUT2D eigenvalue weighted by molar-refractivity contribution is 0.174. The number of urea groups is 1. The van der Waals surface area contributed by atoms with Gasteiger partial charge < -0.3 is 25.0 Å². The van der Waals surface area contributed by atoms with Crippen molar-refractivity contribution >= 4 is 11.7 Å². The van der Waals surface area contributed by atoms with Gasteiger partial charge in [0.05, 0.1) is 0 Å². The number of carbonyl (C=O) groups excluding carboxylic acids is 1. The van der Waals surface area contributed by atoms with Crippen LogP contribution in [0.1, 0.15) is 11.1 Å². The quantitative estimate of drug-likeness (QED) is 0.886. The van der Waals surface area contributed by atoms with E-state index in [9.17, 15) is 4.79 Å². The molecule has 2 aromatic carbocycles. The first-order valence-corrected chi connectivity index (χ1v) is 7.77. The molecule has 0 saturated carbocycles. The van der Waals surface area contributed by atoms with E-state index in [1.807, 2.05) is 26.2 Å². The lowest BCUT2D eigenvalue weighted by Crippen LogP contribution is -2.28. The molecule has 1 aliphatic heterocycles. The molecule has 3 rings (SSSR count). The second-order valence-electron chi connectivity index (χ2n) is 5.93. The minimum absolute atomic E-state index is 0.217. The van der Waals surface area contributed by atoms with E-state index in [4.69, 9.17) is 9.47 Å². The summed E-state index contributed by atoms with van der Waals surface area (Å²) in [5.74, 6) is 1.34. The van der Waals surface area contributed by atoms with E-state index < -0.39 is 0 Å². The number of carbonyl (C=O) groups is 1. The highest BCUT2D eigenvalue weighted by atomic mass is 16.7. The van der Waals surface area contributed by atoms with Gasteiger partial charge in [-0.15, -0.1) is 0 Å². The third kappa shape index (κ3) is 4.17. The van der Waals surface area contributed by atoms with Crippen molar-refractivity contribution in [1.29, 1.82) is 0 Å². The summed E-state index contributed by atoms with van der Waals surface area (Å²) in [4.78, 5) is 14.1. The fourth-order valence-electron chi connectivity index (χ4n) is 2.46. The summed E-state index contributed by atoms with van der Waals surface area (Å²) in [6.07, 6.45) is 0. The predicted octanol–water partition coefficient (Wildman–Crippen LogP) is 2.80. The molecule has 0 atom stereocenters. The lowest BCUT2D eigenvalue weighted by atomic mass is 10.1. The topological polar surface area (TPSA) is 62.8 Å². The van der Waals surface area contributed by atoms with E-state index in [0.717, 1.165) is 12.1 Å². The minimum atomic E-state index is -0.258. The highest BCUT2D eigenvalue weighted by Gasteiger charge is 2.14. The van der Waals surface area contributed by atoms with Gasteiger partial charge in [0.25, 0.3) is 0 Å². The zero-order valence-corrected chi connectivity index (χ0v) is 13.8. The van der Waals surface area contributed by atoms with Crippen LogP contribution in [0.25, 0.3) is 0 Å². The standard InChI is InChI=1S/C18H21N3O3/c1-21(2)11-14-5-3-13(4-6-14)10-19-18(22)20-15-7-8-16-17(9-15)24-12-23-16/h3-9H,10-12H2,1-2H3,(H2,19,20,22). The van der Waals surface area contributed by atoms with Crippen molar-refractivity contribution in [1.82, 2.24) is 10.2 Å². The van der Waals surface area contributed by atoms with Crippen LogP contribution in [0.4, 0.5) is 10.5 Å². The largest absolute Gasteiger partial charge is 0.454 e. The first-order chi connectivity index (χ1) is 11.6. The van der Waals surface area contributed by atoms with Crippen molar-refractivity contribution in [2.75, 3.05) is 26.2 Å². The zero-order valence-electron chi connectivity index (χ0n) is 13.8. The summed E-state index contributed by atoms with van der Waals surface area (Å²) in [5.41, 5.74) is 2.96. The Balaban J connectivity index is 1.50. The van der Waals surface area contributed by atoms with Crippen LogP contribution >= 0.6 is 0 Å². The Kier molecular flexibility index (Phi) is 4.86. The Morgan fingerprint density at radius 2 is 1.75 bits per heavy atom. The van der Waals surface area contributed by atoms with E-state index in [0.29, 0.717) is 23.7 Å². The van der Waals surface area contributed by atoms with Crippen LogP contribution in [-0.2, 0) is 13.1 Å². The fraction of sp³-hybridized carbons (Fsp3) is 0.278. The van der Waals surface area contributed by atoms with Crippen molar-refractivity contribution in [3.05, 3.63) is 53.6 Å². The number of fused-ring (bicyclic) bond motifs is 1. The molecule has 0 fully saturated rings. The molecule has 0 unspecified atom stereocenters. The zero-order chi connectivity index (χ0) is 16.9. The van der Waals surface area contributed by atoms with E-state index in [1.165, 1.54) is 5.56 Å². The summed E-state index contributed by atoms with van der Waals surface area (Å²) < 4.78 is 10.5. The van der Waals surface area contributed by atoms with Gasteiger partial charge in [0.2, 0.25) is 6.79 Å². The highest BCUT2D eigenvalue weighted by Crippen LogP contribution is 2.34. The molecule has 0 aromatic heterocycles. The molecular weight excluding hydrogens is 306 g/mol. The van der Waals surface area contributed by atoms with Gasteiger partial charge >= 0.3 is 6.03 Å². The van der Waals surface area contributed by atoms with Crippen LogP contribution in [0, 0.1) is 0 Å². The number of rotatable bonds is 5. The van der Waals surface area contributed by atoms with E-state index >= 15 is 0 Å². The van der Waals surface area contributed by atoms with Gasteiger partial charge in [-0.3, -0.25) is 0 Å². The Hall–Kier alpha value is -2.73. The first-order valence-electron chi connectivity index (χ1n) is 7.77. The fourth-order valence-corrected chi connectivity index (χ4v) is 2.46. The Morgan fingerprint density at radius 1 is 1.04 bits per heavy atom. The van der Waals surface area contributed by atoms with Crippen LogP contribution < -0.4 is 20.1 Å². The van der Waals surface area contributed by atoms with Gasteiger partial charge in [0.1, 0.15) is 0 Å². The average Bonchev–Trinajstić information content (AvgIpc) is 3.01. The number of hydrogen-bond acceptors (Lipinski definition) is 4. The molecule has 2 N–H and O–H groups in total. The molecule has 2 amide bonds. The number of nitrogens with zero attached hydrogens (tertiary/aromatic N) is 1. The predicted molar refractivity (Wildman–Crippen MR) is 92.3 cm³/mol.